The zero-order valence-electron chi connectivity index (χ0n) is 15.9. The van der Waals surface area contributed by atoms with Crippen LogP contribution >= 0.6 is 34.5 Å². The fraction of sp³-hybridized carbons (Fsp3) is 0.143. The normalized spacial score (nSPS) is 16.1. The lowest BCUT2D eigenvalue weighted by Gasteiger charge is -2.20. The van der Waals surface area contributed by atoms with Crippen molar-refractivity contribution in [2.45, 2.75) is 19.0 Å². The average Bonchev–Trinajstić information content (AvgIpc) is 3.50. The molecule has 0 fully saturated rings. The first-order valence-electron chi connectivity index (χ1n) is 9.32. The predicted octanol–water partition coefficient (Wildman–Crippen LogP) is 4.74. The maximum Gasteiger partial charge on any atom is 0.263 e. The maximum absolute atomic E-state index is 13.2. The Balaban J connectivity index is 1.49. The Labute approximate surface area is 190 Å². The van der Waals surface area contributed by atoms with Crippen LogP contribution in [0.3, 0.4) is 0 Å². The van der Waals surface area contributed by atoms with Crippen LogP contribution in [0.2, 0.25) is 10.0 Å². The van der Waals surface area contributed by atoms with E-state index in [-0.39, 0.29) is 28.9 Å². The fourth-order valence-electron chi connectivity index (χ4n) is 3.56. The van der Waals surface area contributed by atoms with E-state index in [0.29, 0.717) is 22.7 Å². The summed E-state index contributed by atoms with van der Waals surface area (Å²) in [4.78, 5) is 31.3. The first kappa shape index (κ1) is 20.0. The van der Waals surface area contributed by atoms with Gasteiger partial charge in [-0.15, -0.1) is 11.3 Å². The molecule has 0 N–H and O–H groups in total. The van der Waals surface area contributed by atoms with Crippen LogP contribution in [0, 0.1) is 0 Å². The number of fused-ring (bicyclic) bond motifs is 1. The van der Waals surface area contributed by atoms with E-state index < -0.39 is 5.56 Å². The molecule has 0 saturated carbocycles. The molecule has 31 heavy (non-hydrogen) atoms. The number of hydrogen-bond donors (Lipinski definition) is 0. The molecule has 156 valence electrons. The Bertz CT molecular complexity index is 1360. The van der Waals surface area contributed by atoms with Gasteiger partial charge in [0.1, 0.15) is 18.3 Å². The minimum Gasteiger partial charge on any atom is -0.467 e. The van der Waals surface area contributed by atoms with Gasteiger partial charge in [0.05, 0.1) is 39.1 Å². The van der Waals surface area contributed by atoms with E-state index in [9.17, 15) is 9.59 Å². The smallest absolute Gasteiger partial charge is 0.263 e. The molecule has 0 spiro atoms. The number of carbonyl (C=O) groups is 1. The molecule has 0 aliphatic carbocycles. The zero-order chi connectivity index (χ0) is 21.5. The van der Waals surface area contributed by atoms with Crippen molar-refractivity contribution in [3.63, 3.8) is 0 Å². The summed E-state index contributed by atoms with van der Waals surface area (Å²) in [5, 5.41) is 8.75. The summed E-state index contributed by atoms with van der Waals surface area (Å²) in [7, 11) is 0. The van der Waals surface area contributed by atoms with Gasteiger partial charge in [0.15, 0.2) is 0 Å². The van der Waals surface area contributed by atoms with Crippen molar-refractivity contribution in [3.05, 3.63) is 85.4 Å². The SMILES string of the molecule is O=C(Cn1cnc2c(Cl)cc(Cl)cc2c1=O)N1N=C(c2cccs2)CC1c1ccco1. The summed E-state index contributed by atoms with van der Waals surface area (Å²) in [5.74, 6) is 0.274. The summed E-state index contributed by atoms with van der Waals surface area (Å²) in [5.41, 5.74) is 0.735. The summed E-state index contributed by atoms with van der Waals surface area (Å²) >= 11 is 13.7. The van der Waals surface area contributed by atoms with Crippen LogP contribution in [0.1, 0.15) is 23.1 Å². The molecule has 1 atom stereocenters. The predicted molar refractivity (Wildman–Crippen MR) is 120 cm³/mol. The summed E-state index contributed by atoms with van der Waals surface area (Å²) in [6, 6.07) is 10.1. The van der Waals surface area contributed by atoms with Crippen molar-refractivity contribution >= 4 is 57.1 Å². The average molecular weight is 473 g/mol. The molecule has 0 radical (unpaired) electrons. The molecule has 1 aliphatic rings. The second kappa shape index (κ2) is 7.96. The molecule has 7 nitrogen and oxygen atoms in total. The van der Waals surface area contributed by atoms with Crippen molar-refractivity contribution in [3.8, 4) is 0 Å². The molecular weight excluding hydrogens is 459 g/mol. The number of benzene rings is 1. The Morgan fingerprint density at radius 3 is 2.87 bits per heavy atom. The third kappa shape index (κ3) is 3.67. The monoisotopic (exact) mass is 472 g/mol. The van der Waals surface area contributed by atoms with Gasteiger partial charge in [-0.1, -0.05) is 29.3 Å². The molecule has 0 saturated heterocycles. The van der Waals surface area contributed by atoms with Gasteiger partial charge >= 0.3 is 0 Å². The third-order valence-electron chi connectivity index (χ3n) is 4.99. The number of thiophene rings is 1. The van der Waals surface area contributed by atoms with E-state index in [1.165, 1.54) is 28.0 Å². The zero-order valence-corrected chi connectivity index (χ0v) is 18.2. The van der Waals surface area contributed by atoms with Crippen LogP contribution in [-0.4, -0.2) is 26.2 Å². The number of halogens is 2. The minimum atomic E-state index is -0.404. The molecule has 0 bridgehead atoms. The lowest BCUT2D eigenvalue weighted by molar-refractivity contribution is -0.134. The van der Waals surface area contributed by atoms with Crippen LogP contribution in [0.4, 0.5) is 0 Å². The number of rotatable bonds is 4. The Morgan fingerprint density at radius 1 is 1.26 bits per heavy atom. The summed E-state index contributed by atoms with van der Waals surface area (Å²) in [6.45, 7) is -0.232. The van der Waals surface area contributed by atoms with Crippen LogP contribution in [0.15, 0.2) is 68.7 Å². The Kier molecular flexibility index (Phi) is 5.13. The molecule has 1 unspecified atom stereocenters. The van der Waals surface area contributed by atoms with E-state index in [1.807, 2.05) is 23.6 Å². The van der Waals surface area contributed by atoms with Crippen molar-refractivity contribution < 1.29 is 9.21 Å². The van der Waals surface area contributed by atoms with E-state index >= 15 is 0 Å². The first-order chi connectivity index (χ1) is 15.0. The topological polar surface area (TPSA) is 80.7 Å². The van der Waals surface area contributed by atoms with E-state index in [2.05, 4.69) is 10.1 Å². The largest absolute Gasteiger partial charge is 0.467 e. The van der Waals surface area contributed by atoms with Crippen LogP contribution in [0.25, 0.3) is 10.9 Å². The van der Waals surface area contributed by atoms with Gasteiger partial charge in [-0.25, -0.2) is 9.99 Å². The maximum atomic E-state index is 13.2. The number of hydrazone groups is 1. The fourth-order valence-corrected chi connectivity index (χ4v) is 4.82. The molecule has 4 aromatic rings. The molecule has 3 aromatic heterocycles. The second-order valence-corrected chi connectivity index (χ2v) is 8.75. The van der Waals surface area contributed by atoms with Gasteiger partial charge in [0.25, 0.3) is 11.5 Å². The van der Waals surface area contributed by atoms with E-state index in [0.717, 1.165) is 10.6 Å². The summed E-state index contributed by atoms with van der Waals surface area (Å²) < 4.78 is 6.78. The Morgan fingerprint density at radius 2 is 2.13 bits per heavy atom. The van der Waals surface area contributed by atoms with Gasteiger partial charge in [-0.2, -0.15) is 5.10 Å². The quantitative estimate of drug-likeness (QED) is 0.429. The molecule has 1 aliphatic heterocycles. The number of aromatic nitrogens is 2. The minimum absolute atomic E-state index is 0.232. The lowest BCUT2D eigenvalue weighted by Crippen LogP contribution is -2.34. The number of nitrogens with zero attached hydrogens (tertiary/aromatic N) is 4. The molecular formula is C21H14Cl2N4O3S. The van der Waals surface area contributed by atoms with Gasteiger partial charge in [0.2, 0.25) is 0 Å². The standard InChI is InChI=1S/C21H14Cl2N4O3S/c22-12-7-13-20(14(23)8-12)24-11-26(21(13)29)10-19(28)27-16(17-3-1-5-30-17)9-15(25-27)18-4-2-6-31-18/h1-8,11,16H,9-10H2. The van der Waals surface area contributed by atoms with Crippen LogP contribution < -0.4 is 5.56 Å². The van der Waals surface area contributed by atoms with Crippen LogP contribution in [0.5, 0.6) is 0 Å². The number of amides is 1. The molecule has 10 heteroatoms. The molecule has 4 heterocycles. The second-order valence-electron chi connectivity index (χ2n) is 6.96. The Hall–Kier alpha value is -2.94. The number of carbonyl (C=O) groups excluding carboxylic acids is 1. The lowest BCUT2D eigenvalue weighted by atomic mass is 10.1. The van der Waals surface area contributed by atoms with E-state index in [4.69, 9.17) is 27.6 Å². The highest BCUT2D eigenvalue weighted by molar-refractivity contribution is 7.12. The highest BCUT2D eigenvalue weighted by Crippen LogP contribution is 2.34. The van der Waals surface area contributed by atoms with Crippen molar-refractivity contribution in [1.29, 1.82) is 0 Å². The third-order valence-corrected chi connectivity index (χ3v) is 6.42. The molecule has 1 aromatic carbocycles. The van der Waals surface area contributed by atoms with Crippen molar-refractivity contribution in [2.75, 3.05) is 0 Å². The summed E-state index contributed by atoms with van der Waals surface area (Å²) in [6.07, 6.45) is 3.40. The van der Waals surface area contributed by atoms with Crippen molar-refractivity contribution in [1.82, 2.24) is 14.6 Å². The van der Waals surface area contributed by atoms with Gasteiger partial charge in [-0.05, 0) is 35.7 Å². The number of hydrogen-bond acceptors (Lipinski definition) is 6. The van der Waals surface area contributed by atoms with Crippen molar-refractivity contribution in [2.24, 2.45) is 5.10 Å². The van der Waals surface area contributed by atoms with E-state index in [1.54, 1.807) is 23.7 Å². The molecule has 5 rings (SSSR count). The van der Waals surface area contributed by atoms with Crippen LogP contribution in [-0.2, 0) is 11.3 Å². The molecule has 1 amide bonds. The van der Waals surface area contributed by atoms with Gasteiger partial charge < -0.3 is 4.42 Å². The number of furan rings is 1. The first-order valence-corrected chi connectivity index (χ1v) is 11.0. The highest BCUT2D eigenvalue weighted by Gasteiger charge is 2.35. The van der Waals surface area contributed by atoms with Gasteiger partial charge in [-0.3, -0.25) is 14.2 Å². The highest BCUT2D eigenvalue weighted by atomic mass is 35.5. The van der Waals surface area contributed by atoms with Gasteiger partial charge in [0, 0.05) is 11.4 Å².